The van der Waals surface area contributed by atoms with Crippen LogP contribution >= 0.6 is 0 Å². The third-order valence-electron chi connectivity index (χ3n) is 4.50. The molecule has 0 aliphatic carbocycles. The van der Waals surface area contributed by atoms with Gasteiger partial charge in [0, 0.05) is 12.6 Å². The summed E-state index contributed by atoms with van der Waals surface area (Å²) in [4.78, 5) is 0. The van der Waals surface area contributed by atoms with Crippen molar-refractivity contribution in [2.24, 2.45) is 17.3 Å². The summed E-state index contributed by atoms with van der Waals surface area (Å²) in [5.74, 6) is 1.19. The van der Waals surface area contributed by atoms with Gasteiger partial charge in [-0.3, -0.25) is 0 Å². The molecule has 0 radical (unpaired) electrons. The first kappa shape index (κ1) is 17.5. The first-order chi connectivity index (χ1) is 10.5. The summed E-state index contributed by atoms with van der Waals surface area (Å²) in [5.41, 5.74) is 2.65. The second-order valence-electron chi connectivity index (χ2n) is 7.59. The van der Waals surface area contributed by atoms with Gasteiger partial charge >= 0.3 is 0 Å². The van der Waals surface area contributed by atoms with E-state index < -0.39 is 0 Å². The van der Waals surface area contributed by atoms with Gasteiger partial charge in [0.05, 0.1) is 25.2 Å². The van der Waals surface area contributed by atoms with E-state index in [1.54, 1.807) is 0 Å². The average molecular weight is 305 g/mol. The minimum Gasteiger partial charge on any atom is -0.396 e. The molecule has 1 unspecified atom stereocenters. The second kappa shape index (κ2) is 7.58. The summed E-state index contributed by atoms with van der Waals surface area (Å²) >= 11 is 0. The predicted octanol–water partition coefficient (Wildman–Crippen LogP) is 3.18. The summed E-state index contributed by atoms with van der Waals surface area (Å²) in [6, 6.07) is 9.31. The highest BCUT2D eigenvalue weighted by atomic mass is 16.5. The molecule has 1 aromatic carbocycles. The van der Waals surface area contributed by atoms with Crippen molar-refractivity contribution < 1.29 is 9.84 Å². The molecular formula is C19H31NO2. The molecule has 1 aliphatic heterocycles. The minimum atomic E-state index is -0.0786. The maximum absolute atomic E-state index is 9.56. The number of aliphatic hydroxyl groups is 1. The Morgan fingerprint density at radius 3 is 2.18 bits per heavy atom. The Morgan fingerprint density at radius 1 is 1.14 bits per heavy atom. The number of hydrogen-bond donors (Lipinski definition) is 2. The Balaban J connectivity index is 2.01. The van der Waals surface area contributed by atoms with Crippen molar-refractivity contribution in [3.63, 3.8) is 0 Å². The van der Waals surface area contributed by atoms with E-state index in [2.05, 4.69) is 57.3 Å². The smallest absolute Gasteiger partial charge is 0.0579 e. The third-order valence-corrected chi connectivity index (χ3v) is 4.50. The van der Waals surface area contributed by atoms with Crippen molar-refractivity contribution in [3.05, 3.63) is 35.4 Å². The van der Waals surface area contributed by atoms with E-state index in [0.717, 1.165) is 13.0 Å². The van der Waals surface area contributed by atoms with Crippen LogP contribution in [0.4, 0.5) is 0 Å². The Bertz CT molecular complexity index is 443. The van der Waals surface area contributed by atoms with Crippen LogP contribution in [-0.2, 0) is 11.2 Å². The largest absolute Gasteiger partial charge is 0.396 e. The van der Waals surface area contributed by atoms with E-state index in [0.29, 0.717) is 31.1 Å². The molecule has 1 saturated heterocycles. The Hall–Kier alpha value is -0.900. The predicted molar refractivity (Wildman–Crippen MR) is 90.9 cm³/mol. The molecule has 3 heteroatoms. The third kappa shape index (κ3) is 4.31. The lowest BCUT2D eigenvalue weighted by atomic mass is 9.85. The summed E-state index contributed by atoms with van der Waals surface area (Å²) in [6.07, 6.45) is 1.13. The van der Waals surface area contributed by atoms with E-state index in [1.807, 2.05) is 0 Å². The van der Waals surface area contributed by atoms with E-state index in [4.69, 9.17) is 4.74 Å². The van der Waals surface area contributed by atoms with Crippen molar-refractivity contribution in [1.29, 1.82) is 0 Å². The first-order valence-electron chi connectivity index (χ1n) is 8.46. The number of nitrogens with one attached hydrogen (secondary N) is 1. The van der Waals surface area contributed by atoms with Gasteiger partial charge in [0.1, 0.15) is 0 Å². The molecule has 2 N–H and O–H groups in total. The molecule has 1 aliphatic rings. The van der Waals surface area contributed by atoms with E-state index in [1.165, 1.54) is 11.1 Å². The van der Waals surface area contributed by atoms with Crippen LogP contribution in [0.5, 0.6) is 0 Å². The van der Waals surface area contributed by atoms with Gasteiger partial charge in [0.15, 0.2) is 0 Å². The van der Waals surface area contributed by atoms with Crippen LogP contribution in [0.15, 0.2) is 24.3 Å². The molecular weight excluding hydrogens is 274 g/mol. The maximum atomic E-state index is 9.56. The zero-order chi connectivity index (χ0) is 16.2. The summed E-state index contributed by atoms with van der Waals surface area (Å²) in [5, 5.41) is 13.2. The second-order valence-corrected chi connectivity index (χ2v) is 7.59. The normalized spacial score (nSPS) is 18.5. The van der Waals surface area contributed by atoms with Gasteiger partial charge in [0.2, 0.25) is 0 Å². The Kier molecular flexibility index (Phi) is 6.01. The standard InChI is InChI=1S/C19H31NO2/c1-14(2)9-16-5-7-17(8-6-16)18(15(3)4)20-10-19(11-21)12-22-13-19/h5-8,14-15,18,20-21H,9-13H2,1-4H3. The van der Waals surface area contributed by atoms with Crippen LogP contribution in [0.1, 0.15) is 44.9 Å². The highest BCUT2D eigenvalue weighted by Crippen LogP contribution is 2.29. The monoisotopic (exact) mass is 305 g/mol. The van der Waals surface area contributed by atoms with E-state index >= 15 is 0 Å². The SMILES string of the molecule is CC(C)Cc1ccc(C(NCC2(CO)COC2)C(C)C)cc1. The number of ether oxygens (including phenoxy) is 1. The number of benzene rings is 1. The molecule has 2 rings (SSSR count). The highest BCUT2D eigenvalue weighted by molar-refractivity contribution is 5.26. The van der Waals surface area contributed by atoms with Crippen LogP contribution in [0.25, 0.3) is 0 Å². The van der Waals surface area contributed by atoms with E-state index in [9.17, 15) is 5.11 Å². The Labute approximate surface area is 135 Å². The Morgan fingerprint density at radius 2 is 1.77 bits per heavy atom. The van der Waals surface area contributed by atoms with Gasteiger partial charge in [-0.2, -0.15) is 0 Å². The van der Waals surface area contributed by atoms with Crippen molar-refractivity contribution in [1.82, 2.24) is 5.32 Å². The number of aliphatic hydroxyl groups excluding tert-OH is 1. The van der Waals surface area contributed by atoms with Crippen LogP contribution in [0, 0.1) is 17.3 Å². The first-order valence-corrected chi connectivity index (χ1v) is 8.46. The van der Waals surface area contributed by atoms with Gasteiger partial charge in [0.25, 0.3) is 0 Å². The molecule has 124 valence electrons. The molecule has 3 nitrogen and oxygen atoms in total. The summed E-state index contributed by atoms with van der Waals surface area (Å²) < 4.78 is 5.28. The fourth-order valence-corrected chi connectivity index (χ4v) is 3.04. The van der Waals surface area contributed by atoms with Gasteiger partial charge < -0.3 is 15.2 Å². The lowest BCUT2D eigenvalue weighted by Crippen LogP contribution is -2.53. The highest BCUT2D eigenvalue weighted by Gasteiger charge is 2.38. The van der Waals surface area contributed by atoms with Crippen molar-refractivity contribution in [2.75, 3.05) is 26.4 Å². The molecule has 0 saturated carbocycles. The van der Waals surface area contributed by atoms with Crippen LogP contribution in [0.2, 0.25) is 0 Å². The van der Waals surface area contributed by atoms with Crippen LogP contribution < -0.4 is 5.32 Å². The quantitative estimate of drug-likeness (QED) is 0.775. The molecule has 1 fully saturated rings. The molecule has 0 amide bonds. The minimum absolute atomic E-state index is 0.0786. The fraction of sp³-hybridized carbons (Fsp3) is 0.684. The molecule has 0 aromatic heterocycles. The maximum Gasteiger partial charge on any atom is 0.0579 e. The number of rotatable bonds is 8. The topological polar surface area (TPSA) is 41.5 Å². The molecule has 22 heavy (non-hydrogen) atoms. The molecule has 1 aromatic rings. The average Bonchev–Trinajstić information content (AvgIpc) is 2.42. The van der Waals surface area contributed by atoms with Gasteiger partial charge in [-0.05, 0) is 29.4 Å². The zero-order valence-corrected chi connectivity index (χ0v) is 14.4. The summed E-state index contributed by atoms with van der Waals surface area (Å²) in [6.45, 7) is 11.3. The number of hydrogen-bond acceptors (Lipinski definition) is 3. The van der Waals surface area contributed by atoms with Crippen molar-refractivity contribution >= 4 is 0 Å². The van der Waals surface area contributed by atoms with Crippen LogP contribution in [-0.4, -0.2) is 31.5 Å². The molecule has 1 atom stereocenters. The van der Waals surface area contributed by atoms with Gasteiger partial charge in [-0.25, -0.2) is 0 Å². The van der Waals surface area contributed by atoms with Crippen molar-refractivity contribution in [2.45, 2.75) is 40.2 Å². The zero-order valence-electron chi connectivity index (χ0n) is 14.4. The van der Waals surface area contributed by atoms with Crippen molar-refractivity contribution in [3.8, 4) is 0 Å². The molecule has 0 spiro atoms. The summed E-state index contributed by atoms with van der Waals surface area (Å²) in [7, 11) is 0. The van der Waals surface area contributed by atoms with Gasteiger partial charge in [-0.15, -0.1) is 0 Å². The lowest BCUT2D eigenvalue weighted by molar-refractivity contribution is -0.135. The lowest BCUT2D eigenvalue weighted by Gasteiger charge is -2.41. The molecule has 1 heterocycles. The fourth-order valence-electron chi connectivity index (χ4n) is 3.04. The van der Waals surface area contributed by atoms with Crippen LogP contribution in [0.3, 0.4) is 0 Å². The van der Waals surface area contributed by atoms with Gasteiger partial charge in [-0.1, -0.05) is 52.0 Å². The van der Waals surface area contributed by atoms with E-state index in [-0.39, 0.29) is 12.0 Å². The molecule has 0 bridgehead atoms.